The predicted octanol–water partition coefficient (Wildman–Crippen LogP) is 4.25. The number of nitrogens with one attached hydrogen (secondary N) is 1. The molecule has 0 aliphatic rings. The molecule has 1 aromatic rings. The van der Waals surface area contributed by atoms with Crippen molar-refractivity contribution >= 4 is 6.03 Å². The molecule has 1 rings (SSSR count). The first-order chi connectivity index (χ1) is 12.2. The third kappa shape index (κ3) is 7.67. The number of carbonyl (C=O) groups is 1. The van der Waals surface area contributed by atoms with Crippen molar-refractivity contribution in [2.24, 2.45) is 0 Å². The maximum Gasteiger partial charge on any atom is 0.317 e. The van der Waals surface area contributed by atoms with Crippen LogP contribution in [0.1, 0.15) is 52.0 Å². The van der Waals surface area contributed by atoms with Gasteiger partial charge in [-0.25, -0.2) is 4.79 Å². The number of unbranched alkanes of at least 4 members (excludes halogenated alkanes) is 2. The molecule has 5 nitrogen and oxygen atoms in total. The SMILES string of the molecule is CCCCN(CCCC)C(=O)NCCc1ccc(OCC)c(OC)c1. The lowest BCUT2D eigenvalue weighted by atomic mass is 10.1. The van der Waals surface area contributed by atoms with Gasteiger partial charge in [0.1, 0.15) is 0 Å². The van der Waals surface area contributed by atoms with E-state index in [1.165, 1.54) is 0 Å². The van der Waals surface area contributed by atoms with Crippen molar-refractivity contribution in [3.05, 3.63) is 23.8 Å². The van der Waals surface area contributed by atoms with Crippen LogP contribution in [0.4, 0.5) is 4.79 Å². The van der Waals surface area contributed by atoms with E-state index in [2.05, 4.69) is 19.2 Å². The van der Waals surface area contributed by atoms with E-state index < -0.39 is 0 Å². The highest BCUT2D eigenvalue weighted by atomic mass is 16.5. The van der Waals surface area contributed by atoms with Gasteiger partial charge in [-0.05, 0) is 43.9 Å². The van der Waals surface area contributed by atoms with Gasteiger partial charge in [-0.3, -0.25) is 0 Å². The van der Waals surface area contributed by atoms with Crippen LogP contribution in [0.5, 0.6) is 11.5 Å². The maximum atomic E-state index is 12.4. The summed E-state index contributed by atoms with van der Waals surface area (Å²) in [5.74, 6) is 1.49. The monoisotopic (exact) mass is 350 g/mol. The van der Waals surface area contributed by atoms with Crippen LogP contribution in [0.25, 0.3) is 0 Å². The Balaban J connectivity index is 2.52. The van der Waals surface area contributed by atoms with Crippen molar-refractivity contribution in [2.75, 3.05) is 33.4 Å². The largest absolute Gasteiger partial charge is 0.493 e. The summed E-state index contributed by atoms with van der Waals surface area (Å²) in [4.78, 5) is 14.3. The second-order valence-electron chi connectivity index (χ2n) is 6.09. The molecule has 0 unspecified atom stereocenters. The molecule has 0 aliphatic heterocycles. The lowest BCUT2D eigenvalue weighted by Gasteiger charge is -2.23. The first kappa shape index (κ1) is 21.1. The minimum atomic E-state index is 0.0415. The highest BCUT2D eigenvalue weighted by molar-refractivity contribution is 5.74. The normalized spacial score (nSPS) is 10.4. The number of amides is 2. The third-order valence-electron chi connectivity index (χ3n) is 4.07. The first-order valence-electron chi connectivity index (χ1n) is 9.48. The number of carbonyl (C=O) groups excluding carboxylic acids is 1. The minimum Gasteiger partial charge on any atom is -0.493 e. The Bertz CT molecular complexity index is 498. The fourth-order valence-electron chi connectivity index (χ4n) is 2.58. The number of urea groups is 1. The van der Waals surface area contributed by atoms with E-state index in [-0.39, 0.29) is 6.03 Å². The number of nitrogens with zero attached hydrogens (tertiary/aromatic N) is 1. The molecule has 2 amide bonds. The molecule has 0 saturated carbocycles. The first-order valence-corrected chi connectivity index (χ1v) is 9.48. The molecule has 0 radical (unpaired) electrons. The van der Waals surface area contributed by atoms with E-state index >= 15 is 0 Å². The molecule has 0 aliphatic carbocycles. The van der Waals surface area contributed by atoms with Gasteiger partial charge in [-0.1, -0.05) is 32.8 Å². The number of methoxy groups -OCH3 is 1. The number of hydrogen-bond acceptors (Lipinski definition) is 3. The highest BCUT2D eigenvalue weighted by Crippen LogP contribution is 2.28. The van der Waals surface area contributed by atoms with Gasteiger partial charge < -0.3 is 19.7 Å². The number of benzene rings is 1. The zero-order valence-electron chi connectivity index (χ0n) is 16.3. The van der Waals surface area contributed by atoms with Gasteiger partial charge in [0.2, 0.25) is 0 Å². The Hall–Kier alpha value is -1.91. The van der Waals surface area contributed by atoms with Crippen molar-refractivity contribution in [1.29, 1.82) is 0 Å². The fourth-order valence-corrected chi connectivity index (χ4v) is 2.58. The van der Waals surface area contributed by atoms with Crippen molar-refractivity contribution in [3.8, 4) is 11.5 Å². The minimum absolute atomic E-state index is 0.0415. The van der Waals surface area contributed by atoms with Crippen LogP contribution in [0.15, 0.2) is 18.2 Å². The lowest BCUT2D eigenvalue weighted by Crippen LogP contribution is -2.41. The summed E-state index contributed by atoms with van der Waals surface area (Å²) in [5.41, 5.74) is 1.12. The molecular weight excluding hydrogens is 316 g/mol. The summed E-state index contributed by atoms with van der Waals surface area (Å²) < 4.78 is 10.9. The maximum absolute atomic E-state index is 12.4. The van der Waals surface area contributed by atoms with Crippen molar-refractivity contribution in [3.63, 3.8) is 0 Å². The molecule has 1 aromatic carbocycles. The van der Waals surface area contributed by atoms with Gasteiger partial charge in [0.05, 0.1) is 13.7 Å². The van der Waals surface area contributed by atoms with Crippen LogP contribution < -0.4 is 14.8 Å². The number of ether oxygens (including phenoxy) is 2. The van der Waals surface area contributed by atoms with Gasteiger partial charge >= 0.3 is 6.03 Å². The molecule has 1 N–H and O–H groups in total. The zero-order valence-corrected chi connectivity index (χ0v) is 16.3. The van der Waals surface area contributed by atoms with E-state index in [4.69, 9.17) is 9.47 Å². The molecule has 25 heavy (non-hydrogen) atoms. The van der Waals surface area contributed by atoms with E-state index in [1.54, 1.807) is 7.11 Å². The average molecular weight is 351 g/mol. The molecular formula is C20H34N2O3. The van der Waals surface area contributed by atoms with Crippen LogP contribution in [-0.2, 0) is 6.42 Å². The zero-order chi connectivity index (χ0) is 18.5. The molecule has 0 aromatic heterocycles. The topological polar surface area (TPSA) is 50.8 Å². The molecule has 0 bridgehead atoms. The summed E-state index contributed by atoms with van der Waals surface area (Å²) in [6, 6.07) is 5.96. The van der Waals surface area contributed by atoms with E-state index in [9.17, 15) is 4.79 Å². The molecule has 5 heteroatoms. The molecule has 0 saturated heterocycles. The summed E-state index contributed by atoms with van der Waals surface area (Å²) in [5, 5.41) is 3.04. The molecule has 142 valence electrons. The number of rotatable bonds is 12. The summed E-state index contributed by atoms with van der Waals surface area (Å²) in [6.45, 7) is 9.14. The van der Waals surface area contributed by atoms with Crippen LogP contribution in [0, 0.1) is 0 Å². The second kappa shape index (κ2) is 12.5. The van der Waals surface area contributed by atoms with Crippen LogP contribution in [0.2, 0.25) is 0 Å². The molecule has 0 atom stereocenters. The van der Waals surface area contributed by atoms with Gasteiger partial charge in [-0.2, -0.15) is 0 Å². The Morgan fingerprint density at radius 3 is 2.32 bits per heavy atom. The van der Waals surface area contributed by atoms with Gasteiger partial charge in [0.15, 0.2) is 11.5 Å². The van der Waals surface area contributed by atoms with E-state index in [0.29, 0.717) is 13.2 Å². The van der Waals surface area contributed by atoms with E-state index in [1.807, 2.05) is 30.0 Å². The van der Waals surface area contributed by atoms with Crippen molar-refractivity contribution in [2.45, 2.75) is 52.9 Å². The van der Waals surface area contributed by atoms with Crippen molar-refractivity contribution < 1.29 is 14.3 Å². The van der Waals surface area contributed by atoms with Gasteiger partial charge in [-0.15, -0.1) is 0 Å². The Labute approximate surface area is 152 Å². The molecule has 0 spiro atoms. The van der Waals surface area contributed by atoms with Crippen LogP contribution >= 0.6 is 0 Å². The summed E-state index contributed by atoms with van der Waals surface area (Å²) in [7, 11) is 1.64. The smallest absolute Gasteiger partial charge is 0.317 e. The second-order valence-corrected chi connectivity index (χ2v) is 6.09. The quantitative estimate of drug-likeness (QED) is 0.613. The standard InChI is InChI=1S/C20H34N2O3/c1-5-8-14-22(15-9-6-2)20(23)21-13-12-17-10-11-18(25-7-3)19(16-17)24-4/h10-11,16H,5-9,12-15H2,1-4H3,(H,21,23). The molecule has 0 heterocycles. The van der Waals surface area contributed by atoms with Crippen LogP contribution in [0.3, 0.4) is 0 Å². The fraction of sp³-hybridized carbons (Fsp3) is 0.650. The highest BCUT2D eigenvalue weighted by Gasteiger charge is 2.12. The van der Waals surface area contributed by atoms with Crippen molar-refractivity contribution in [1.82, 2.24) is 10.2 Å². The Kier molecular flexibility index (Phi) is 10.5. The van der Waals surface area contributed by atoms with Crippen LogP contribution in [-0.4, -0.2) is 44.3 Å². The Morgan fingerprint density at radius 1 is 1.08 bits per heavy atom. The summed E-state index contributed by atoms with van der Waals surface area (Å²) >= 11 is 0. The van der Waals surface area contributed by atoms with E-state index in [0.717, 1.165) is 62.3 Å². The lowest BCUT2D eigenvalue weighted by molar-refractivity contribution is 0.196. The number of hydrogen-bond donors (Lipinski definition) is 1. The molecule has 0 fully saturated rings. The predicted molar refractivity (Wildman–Crippen MR) is 103 cm³/mol. The van der Waals surface area contributed by atoms with Gasteiger partial charge in [0, 0.05) is 19.6 Å². The summed E-state index contributed by atoms with van der Waals surface area (Å²) in [6.07, 6.45) is 5.06. The van der Waals surface area contributed by atoms with Gasteiger partial charge in [0.25, 0.3) is 0 Å². The Morgan fingerprint density at radius 2 is 1.76 bits per heavy atom. The average Bonchev–Trinajstić information content (AvgIpc) is 2.63. The third-order valence-corrected chi connectivity index (χ3v) is 4.07.